The van der Waals surface area contributed by atoms with Gasteiger partial charge in [-0.3, -0.25) is 9.59 Å². The zero-order chi connectivity index (χ0) is 13.7. The van der Waals surface area contributed by atoms with Gasteiger partial charge in [0, 0.05) is 13.1 Å². The molecule has 7 heteroatoms. The van der Waals surface area contributed by atoms with Gasteiger partial charge in [-0.05, 0) is 5.92 Å². The predicted molar refractivity (Wildman–Crippen MR) is 73.0 cm³/mol. The van der Waals surface area contributed by atoms with E-state index < -0.39 is 6.04 Å². The summed E-state index contributed by atoms with van der Waals surface area (Å²) in [5, 5.41) is 0. The highest BCUT2D eigenvalue weighted by Crippen LogP contribution is 2.12. The number of morpholine rings is 1. The molecule has 0 aromatic heterocycles. The minimum Gasteiger partial charge on any atom is -0.469 e. The molecule has 2 atom stereocenters. The number of hydrogen-bond donors (Lipinski definition) is 1. The van der Waals surface area contributed by atoms with Gasteiger partial charge in [0.2, 0.25) is 5.91 Å². The van der Waals surface area contributed by atoms with E-state index in [9.17, 15) is 9.59 Å². The highest BCUT2D eigenvalue weighted by Gasteiger charge is 2.29. The van der Waals surface area contributed by atoms with E-state index in [0.717, 1.165) is 0 Å². The average molecular weight is 295 g/mol. The predicted octanol–water partition coefficient (Wildman–Crippen LogP) is 0.182. The van der Waals surface area contributed by atoms with Gasteiger partial charge in [-0.2, -0.15) is 0 Å². The number of carbonyl (C=O) groups is 2. The molecule has 19 heavy (non-hydrogen) atoms. The molecule has 1 aliphatic rings. The summed E-state index contributed by atoms with van der Waals surface area (Å²) in [4.78, 5) is 24.9. The SMILES string of the molecule is COC(=O)CC1CN(C(=O)[C@@H](N)C(C)C)CCO1.Cl. The number of halogens is 1. The number of hydrogen-bond acceptors (Lipinski definition) is 5. The first-order valence-electron chi connectivity index (χ1n) is 6.18. The molecule has 1 rings (SSSR count). The van der Waals surface area contributed by atoms with Crippen LogP contribution in [0, 0.1) is 5.92 Å². The molecule has 2 N–H and O–H groups in total. The molecule has 6 nitrogen and oxygen atoms in total. The molecule has 0 bridgehead atoms. The Morgan fingerprint density at radius 1 is 1.47 bits per heavy atom. The summed E-state index contributed by atoms with van der Waals surface area (Å²) < 4.78 is 10.0. The zero-order valence-electron chi connectivity index (χ0n) is 11.6. The first kappa shape index (κ1) is 18.1. The normalized spacial score (nSPS) is 20.7. The number of nitrogens with two attached hydrogens (primary N) is 1. The quantitative estimate of drug-likeness (QED) is 0.748. The van der Waals surface area contributed by atoms with Crippen LogP contribution in [0.1, 0.15) is 20.3 Å². The van der Waals surface area contributed by atoms with Gasteiger partial charge in [0.1, 0.15) is 0 Å². The van der Waals surface area contributed by atoms with Crippen molar-refractivity contribution in [3.8, 4) is 0 Å². The maximum atomic E-state index is 12.1. The number of esters is 1. The Bertz CT molecular complexity index is 312. The topological polar surface area (TPSA) is 81.9 Å². The van der Waals surface area contributed by atoms with Crippen LogP contribution in [0.25, 0.3) is 0 Å². The molecule has 0 aliphatic carbocycles. The molecule has 112 valence electrons. The molecule has 0 radical (unpaired) electrons. The third-order valence-electron chi connectivity index (χ3n) is 3.08. The molecule has 0 spiro atoms. The lowest BCUT2D eigenvalue weighted by Crippen LogP contribution is -2.53. The molecule has 1 heterocycles. The third-order valence-corrected chi connectivity index (χ3v) is 3.08. The molecular weight excluding hydrogens is 272 g/mol. The van der Waals surface area contributed by atoms with Gasteiger partial charge < -0.3 is 20.1 Å². The fraction of sp³-hybridized carbons (Fsp3) is 0.833. The fourth-order valence-electron chi connectivity index (χ4n) is 1.81. The van der Waals surface area contributed by atoms with Gasteiger partial charge in [-0.25, -0.2) is 0 Å². The summed E-state index contributed by atoms with van der Waals surface area (Å²) in [6.07, 6.45) is -0.133. The molecular formula is C12H23ClN2O4. The van der Waals surface area contributed by atoms with E-state index in [1.165, 1.54) is 7.11 Å². The molecule has 1 saturated heterocycles. The van der Waals surface area contributed by atoms with Crippen LogP contribution in [0.4, 0.5) is 0 Å². The van der Waals surface area contributed by atoms with Crippen molar-refractivity contribution in [2.45, 2.75) is 32.4 Å². The van der Waals surface area contributed by atoms with Crippen LogP contribution in [0.15, 0.2) is 0 Å². The van der Waals surface area contributed by atoms with Crippen molar-refractivity contribution < 1.29 is 19.1 Å². The van der Waals surface area contributed by atoms with E-state index in [2.05, 4.69) is 4.74 Å². The molecule has 0 saturated carbocycles. The van der Waals surface area contributed by atoms with Crippen LogP contribution < -0.4 is 5.73 Å². The first-order valence-corrected chi connectivity index (χ1v) is 6.18. The monoisotopic (exact) mass is 294 g/mol. The Balaban J connectivity index is 0.00000324. The van der Waals surface area contributed by atoms with Gasteiger partial charge in [0.25, 0.3) is 0 Å². The summed E-state index contributed by atoms with van der Waals surface area (Å²) in [6, 6.07) is -0.498. The van der Waals surface area contributed by atoms with Gasteiger partial charge in [-0.1, -0.05) is 13.8 Å². The molecule has 1 fully saturated rings. The number of nitrogens with zero attached hydrogens (tertiary/aromatic N) is 1. The van der Waals surface area contributed by atoms with Crippen molar-refractivity contribution in [1.29, 1.82) is 0 Å². The minimum absolute atomic E-state index is 0. The highest BCUT2D eigenvalue weighted by atomic mass is 35.5. The number of ether oxygens (including phenoxy) is 2. The van der Waals surface area contributed by atoms with E-state index in [-0.39, 0.29) is 42.7 Å². The largest absolute Gasteiger partial charge is 0.469 e. The fourth-order valence-corrected chi connectivity index (χ4v) is 1.81. The lowest BCUT2D eigenvalue weighted by molar-refractivity contribution is -0.150. The van der Waals surface area contributed by atoms with Gasteiger partial charge in [-0.15, -0.1) is 12.4 Å². The standard InChI is InChI=1S/C12H22N2O4.ClH/c1-8(2)11(13)12(16)14-4-5-18-9(7-14)6-10(15)17-3;/h8-9,11H,4-7,13H2,1-3H3;1H/t9?,11-;/m0./s1. The summed E-state index contributed by atoms with van der Waals surface area (Å²) in [5.41, 5.74) is 5.84. The summed E-state index contributed by atoms with van der Waals surface area (Å²) in [7, 11) is 1.34. The van der Waals surface area contributed by atoms with E-state index in [1.54, 1.807) is 4.90 Å². The minimum atomic E-state index is -0.498. The second-order valence-electron chi connectivity index (χ2n) is 4.83. The van der Waals surface area contributed by atoms with Crippen molar-refractivity contribution in [3.63, 3.8) is 0 Å². The van der Waals surface area contributed by atoms with Crippen LogP contribution >= 0.6 is 12.4 Å². The number of carbonyl (C=O) groups excluding carboxylic acids is 2. The lowest BCUT2D eigenvalue weighted by Gasteiger charge is -2.34. The Labute approximate surface area is 120 Å². The first-order chi connectivity index (χ1) is 8.45. The van der Waals surface area contributed by atoms with Gasteiger partial charge in [0.15, 0.2) is 0 Å². The average Bonchev–Trinajstić information content (AvgIpc) is 2.37. The third kappa shape index (κ3) is 5.34. The Kier molecular flexibility index (Phi) is 7.97. The van der Waals surface area contributed by atoms with Gasteiger partial charge >= 0.3 is 5.97 Å². The van der Waals surface area contributed by atoms with E-state index in [4.69, 9.17) is 10.5 Å². The van der Waals surface area contributed by atoms with Crippen LogP contribution in [-0.2, 0) is 19.1 Å². The number of methoxy groups -OCH3 is 1. The van der Waals surface area contributed by atoms with E-state index >= 15 is 0 Å². The number of rotatable bonds is 4. The second-order valence-corrected chi connectivity index (χ2v) is 4.83. The van der Waals surface area contributed by atoms with Crippen LogP contribution in [-0.4, -0.2) is 55.7 Å². The molecule has 1 aliphatic heterocycles. The molecule has 0 aromatic carbocycles. The van der Waals surface area contributed by atoms with Crippen LogP contribution in [0.5, 0.6) is 0 Å². The maximum Gasteiger partial charge on any atom is 0.308 e. The smallest absolute Gasteiger partial charge is 0.308 e. The summed E-state index contributed by atoms with van der Waals surface area (Å²) >= 11 is 0. The molecule has 1 amide bonds. The van der Waals surface area contributed by atoms with E-state index in [1.807, 2.05) is 13.8 Å². The summed E-state index contributed by atoms with van der Waals surface area (Å²) in [5.74, 6) is -0.315. The Morgan fingerprint density at radius 2 is 2.11 bits per heavy atom. The number of amides is 1. The van der Waals surface area contributed by atoms with Gasteiger partial charge in [0.05, 0.1) is 32.3 Å². The van der Waals surface area contributed by atoms with Crippen molar-refractivity contribution in [1.82, 2.24) is 4.90 Å². The highest BCUT2D eigenvalue weighted by molar-refractivity contribution is 5.85. The van der Waals surface area contributed by atoms with Crippen molar-refractivity contribution in [3.05, 3.63) is 0 Å². The maximum absolute atomic E-state index is 12.1. The lowest BCUT2D eigenvalue weighted by atomic mass is 10.0. The molecule has 0 aromatic rings. The second kappa shape index (κ2) is 8.35. The van der Waals surface area contributed by atoms with Crippen molar-refractivity contribution in [2.75, 3.05) is 26.8 Å². The Morgan fingerprint density at radius 3 is 2.63 bits per heavy atom. The van der Waals surface area contributed by atoms with E-state index in [0.29, 0.717) is 19.7 Å². The van der Waals surface area contributed by atoms with Crippen LogP contribution in [0.2, 0.25) is 0 Å². The zero-order valence-corrected chi connectivity index (χ0v) is 12.4. The van der Waals surface area contributed by atoms with Crippen molar-refractivity contribution in [2.24, 2.45) is 11.7 Å². The Hall–Kier alpha value is -0.850. The van der Waals surface area contributed by atoms with Crippen molar-refractivity contribution >= 4 is 24.3 Å². The molecule has 1 unspecified atom stereocenters. The van der Waals surface area contributed by atoms with Crippen LogP contribution in [0.3, 0.4) is 0 Å². The summed E-state index contributed by atoms with van der Waals surface area (Å²) in [6.45, 7) is 5.17.